The quantitative estimate of drug-likeness (QED) is 0.624. The fourth-order valence-electron chi connectivity index (χ4n) is 3.82. The number of anilines is 2. The minimum Gasteiger partial charge on any atom is -0.483 e. The molecule has 0 spiro atoms. The zero-order valence-corrected chi connectivity index (χ0v) is 18.0. The molecule has 5 heteroatoms. The summed E-state index contributed by atoms with van der Waals surface area (Å²) >= 11 is 0. The van der Waals surface area contributed by atoms with Gasteiger partial charge in [-0.05, 0) is 48.4 Å². The zero-order chi connectivity index (χ0) is 21.5. The van der Waals surface area contributed by atoms with E-state index in [9.17, 15) is 4.79 Å². The molecule has 3 aromatic rings. The number of nitrogens with zero attached hydrogens (tertiary/aromatic N) is 2. The number of hydrogen-bond acceptors (Lipinski definition) is 4. The summed E-state index contributed by atoms with van der Waals surface area (Å²) in [6.45, 7) is 7.06. The molecule has 0 bridgehead atoms. The van der Waals surface area contributed by atoms with Crippen LogP contribution < -0.4 is 15.0 Å². The van der Waals surface area contributed by atoms with E-state index in [4.69, 9.17) is 4.74 Å². The van der Waals surface area contributed by atoms with Gasteiger partial charge in [0.05, 0.1) is 0 Å². The molecule has 0 aliphatic carbocycles. The van der Waals surface area contributed by atoms with Crippen molar-refractivity contribution >= 4 is 17.3 Å². The van der Waals surface area contributed by atoms with Gasteiger partial charge in [0.25, 0.3) is 5.91 Å². The van der Waals surface area contributed by atoms with E-state index < -0.39 is 0 Å². The van der Waals surface area contributed by atoms with Gasteiger partial charge in [0.2, 0.25) is 0 Å². The lowest BCUT2D eigenvalue weighted by Gasteiger charge is -2.36. The van der Waals surface area contributed by atoms with E-state index in [1.54, 1.807) is 0 Å². The van der Waals surface area contributed by atoms with Crippen LogP contribution in [0.5, 0.6) is 5.75 Å². The molecule has 1 N–H and O–H groups in total. The van der Waals surface area contributed by atoms with Crippen molar-refractivity contribution < 1.29 is 9.53 Å². The smallest absolute Gasteiger partial charge is 0.262 e. The molecular weight excluding hydrogens is 386 g/mol. The SMILES string of the molecule is Cc1ccccc1OCC(=O)Nc1ccc(N2CCN(Cc3ccccc3)CC2)cc1. The summed E-state index contributed by atoms with van der Waals surface area (Å²) in [5.74, 6) is 0.574. The van der Waals surface area contributed by atoms with Crippen LogP contribution in [0.25, 0.3) is 0 Å². The Hall–Kier alpha value is -3.31. The molecule has 0 saturated carbocycles. The van der Waals surface area contributed by atoms with E-state index in [1.807, 2.05) is 43.3 Å². The number of piperazine rings is 1. The van der Waals surface area contributed by atoms with Crippen LogP contribution in [-0.2, 0) is 11.3 Å². The first-order valence-electron chi connectivity index (χ1n) is 10.8. The fourth-order valence-corrected chi connectivity index (χ4v) is 3.82. The Morgan fingerprint density at radius 2 is 1.55 bits per heavy atom. The first-order chi connectivity index (χ1) is 15.2. The van der Waals surface area contributed by atoms with Crippen molar-refractivity contribution in [3.63, 3.8) is 0 Å². The van der Waals surface area contributed by atoms with Crippen molar-refractivity contribution in [2.24, 2.45) is 0 Å². The second kappa shape index (κ2) is 10.1. The molecule has 1 aliphatic heterocycles. The Kier molecular flexibility index (Phi) is 6.85. The van der Waals surface area contributed by atoms with Gasteiger partial charge in [0, 0.05) is 44.1 Å². The topological polar surface area (TPSA) is 44.8 Å². The van der Waals surface area contributed by atoms with E-state index in [0.717, 1.165) is 49.7 Å². The van der Waals surface area contributed by atoms with Gasteiger partial charge >= 0.3 is 0 Å². The average molecular weight is 416 g/mol. The van der Waals surface area contributed by atoms with Gasteiger partial charge in [0.1, 0.15) is 5.75 Å². The van der Waals surface area contributed by atoms with Gasteiger partial charge in [0.15, 0.2) is 6.61 Å². The Balaban J connectivity index is 1.24. The third kappa shape index (κ3) is 5.86. The minimum absolute atomic E-state index is 0.00399. The summed E-state index contributed by atoms with van der Waals surface area (Å²) in [5.41, 5.74) is 4.35. The number of hydrogen-bond donors (Lipinski definition) is 1. The standard InChI is InChI=1S/C26H29N3O2/c1-21-7-5-6-10-25(21)31-20-26(30)27-23-11-13-24(14-12-23)29-17-15-28(16-18-29)19-22-8-3-2-4-9-22/h2-14H,15-20H2,1H3,(H,27,30). The lowest BCUT2D eigenvalue weighted by molar-refractivity contribution is -0.118. The van der Waals surface area contributed by atoms with Crippen LogP contribution in [-0.4, -0.2) is 43.6 Å². The number of amides is 1. The van der Waals surface area contributed by atoms with E-state index in [0.29, 0.717) is 0 Å². The maximum absolute atomic E-state index is 12.2. The van der Waals surface area contributed by atoms with Crippen molar-refractivity contribution in [2.45, 2.75) is 13.5 Å². The summed E-state index contributed by atoms with van der Waals surface area (Å²) < 4.78 is 5.62. The Bertz CT molecular complexity index is 981. The second-order valence-corrected chi connectivity index (χ2v) is 7.90. The molecule has 1 saturated heterocycles. The second-order valence-electron chi connectivity index (χ2n) is 7.90. The number of para-hydroxylation sites is 1. The van der Waals surface area contributed by atoms with E-state index in [1.165, 1.54) is 11.3 Å². The van der Waals surface area contributed by atoms with E-state index in [-0.39, 0.29) is 12.5 Å². The van der Waals surface area contributed by atoms with E-state index in [2.05, 4.69) is 57.6 Å². The van der Waals surface area contributed by atoms with Gasteiger partial charge in [-0.25, -0.2) is 0 Å². The molecule has 160 valence electrons. The Labute approximate surface area is 184 Å². The maximum atomic E-state index is 12.2. The molecule has 1 fully saturated rings. The molecule has 31 heavy (non-hydrogen) atoms. The van der Waals surface area contributed by atoms with Crippen molar-refractivity contribution in [2.75, 3.05) is 43.0 Å². The molecule has 0 aromatic heterocycles. The monoisotopic (exact) mass is 415 g/mol. The molecule has 5 nitrogen and oxygen atoms in total. The summed E-state index contributed by atoms with van der Waals surface area (Å²) in [6.07, 6.45) is 0. The van der Waals surface area contributed by atoms with Gasteiger partial charge in [-0.2, -0.15) is 0 Å². The highest BCUT2D eigenvalue weighted by atomic mass is 16.5. The van der Waals surface area contributed by atoms with Crippen LogP contribution >= 0.6 is 0 Å². The number of ether oxygens (including phenoxy) is 1. The molecule has 0 atom stereocenters. The molecule has 1 aliphatic rings. The number of aryl methyl sites for hydroxylation is 1. The van der Waals surface area contributed by atoms with Crippen LogP contribution in [0.3, 0.4) is 0 Å². The normalized spacial score (nSPS) is 14.3. The highest BCUT2D eigenvalue weighted by Gasteiger charge is 2.17. The van der Waals surface area contributed by atoms with E-state index >= 15 is 0 Å². The molecule has 0 radical (unpaired) electrons. The lowest BCUT2D eigenvalue weighted by atomic mass is 10.2. The van der Waals surface area contributed by atoms with Gasteiger partial charge < -0.3 is 15.0 Å². The van der Waals surface area contributed by atoms with Gasteiger partial charge in [-0.3, -0.25) is 9.69 Å². The number of rotatable bonds is 7. The fraction of sp³-hybridized carbons (Fsp3) is 0.269. The molecule has 0 unspecified atom stereocenters. The summed E-state index contributed by atoms with van der Waals surface area (Å²) in [5, 5.41) is 2.91. The highest BCUT2D eigenvalue weighted by Crippen LogP contribution is 2.21. The van der Waals surface area contributed by atoms with Gasteiger partial charge in [-0.15, -0.1) is 0 Å². The first kappa shape index (κ1) is 20.9. The van der Waals surface area contributed by atoms with Crippen molar-refractivity contribution in [1.82, 2.24) is 4.90 Å². The largest absolute Gasteiger partial charge is 0.483 e. The Morgan fingerprint density at radius 3 is 2.26 bits per heavy atom. The molecule has 3 aromatic carbocycles. The first-order valence-corrected chi connectivity index (χ1v) is 10.8. The third-order valence-electron chi connectivity index (χ3n) is 5.59. The number of benzene rings is 3. The van der Waals surface area contributed by atoms with Crippen molar-refractivity contribution in [1.29, 1.82) is 0 Å². The van der Waals surface area contributed by atoms with Crippen LogP contribution in [0.2, 0.25) is 0 Å². The molecule has 1 heterocycles. The molecule has 4 rings (SSSR count). The van der Waals surface area contributed by atoms with Crippen LogP contribution in [0.1, 0.15) is 11.1 Å². The summed E-state index contributed by atoms with van der Waals surface area (Å²) in [4.78, 5) is 17.1. The van der Waals surface area contributed by atoms with Crippen LogP contribution in [0.15, 0.2) is 78.9 Å². The summed E-state index contributed by atoms with van der Waals surface area (Å²) in [7, 11) is 0. The van der Waals surface area contributed by atoms with Crippen molar-refractivity contribution in [3.05, 3.63) is 90.0 Å². The predicted molar refractivity (Wildman–Crippen MR) is 126 cm³/mol. The third-order valence-corrected chi connectivity index (χ3v) is 5.59. The predicted octanol–water partition coefficient (Wildman–Crippen LogP) is 4.33. The maximum Gasteiger partial charge on any atom is 0.262 e. The molecular formula is C26H29N3O2. The number of nitrogens with one attached hydrogen (secondary N) is 1. The average Bonchev–Trinajstić information content (AvgIpc) is 2.80. The minimum atomic E-state index is -0.162. The number of carbonyl (C=O) groups is 1. The zero-order valence-electron chi connectivity index (χ0n) is 18.0. The highest BCUT2D eigenvalue weighted by molar-refractivity contribution is 5.92. The van der Waals surface area contributed by atoms with Gasteiger partial charge in [-0.1, -0.05) is 48.5 Å². The Morgan fingerprint density at radius 1 is 0.871 bits per heavy atom. The number of carbonyl (C=O) groups excluding carboxylic acids is 1. The lowest BCUT2D eigenvalue weighted by Crippen LogP contribution is -2.45. The van der Waals surface area contributed by atoms with Crippen molar-refractivity contribution in [3.8, 4) is 5.75 Å². The van der Waals surface area contributed by atoms with Crippen LogP contribution in [0.4, 0.5) is 11.4 Å². The molecule has 1 amide bonds. The van der Waals surface area contributed by atoms with Crippen LogP contribution in [0, 0.1) is 6.92 Å². The summed E-state index contributed by atoms with van der Waals surface area (Å²) in [6, 6.07) is 26.4.